The first-order valence-corrected chi connectivity index (χ1v) is 11.0. The number of fused-ring (bicyclic) bond motifs is 1. The average molecular weight is 375 g/mol. The number of carbonyl (C=O) groups excluding carboxylic acids is 2. The molecule has 0 spiro atoms. The molecule has 1 aromatic carbocycles. The van der Waals surface area contributed by atoms with E-state index in [-0.39, 0.29) is 11.1 Å². The van der Waals surface area contributed by atoms with Crippen LogP contribution < -0.4 is 5.32 Å². The highest BCUT2D eigenvalue weighted by Crippen LogP contribution is 2.36. The van der Waals surface area contributed by atoms with Gasteiger partial charge in [-0.2, -0.15) is 0 Å². The molecule has 1 aromatic rings. The van der Waals surface area contributed by atoms with Gasteiger partial charge >= 0.3 is 0 Å². The zero-order chi connectivity index (χ0) is 18.2. The molecule has 1 heterocycles. The molecule has 1 saturated carbocycles. The number of hydrogen-bond acceptors (Lipinski definition) is 3. The van der Waals surface area contributed by atoms with Crippen LogP contribution >= 0.6 is 11.8 Å². The van der Waals surface area contributed by atoms with Crippen LogP contribution in [-0.4, -0.2) is 40.9 Å². The van der Waals surface area contributed by atoms with Gasteiger partial charge in [0.05, 0.1) is 0 Å². The van der Waals surface area contributed by atoms with Crippen LogP contribution in [0.2, 0.25) is 0 Å². The van der Waals surface area contributed by atoms with Gasteiger partial charge in [-0.05, 0) is 43.6 Å². The molecule has 2 atom stereocenters. The Hall–Kier alpha value is -1.49. The molecule has 0 bridgehead atoms. The highest BCUT2D eigenvalue weighted by molar-refractivity contribution is 8.13. The second-order valence-corrected chi connectivity index (χ2v) is 8.44. The Kier molecular flexibility index (Phi) is 7.42. The normalized spacial score (nSPS) is 22.5. The maximum absolute atomic E-state index is 12.6. The fourth-order valence-corrected chi connectivity index (χ4v) is 5.10. The molecule has 2 fully saturated rings. The van der Waals surface area contributed by atoms with Gasteiger partial charge in [0.15, 0.2) is 0 Å². The van der Waals surface area contributed by atoms with E-state index in [2.05, 4.69) is 22.3 Å². The second-order valence-electron chi connectivity index (χ2n) is 7.40. The van der Waals surface area contributed by atoms with E-state index < -0.39 is 0 Å². The summed E-state index contributed by atoms with van der Waals surface area (Å²) in [5.74, 6) is 1.32. The number of thioether (sulfide) groups is 1. The molecule has 4 nitrogen and oxygen atoms in total. The predicted octanol–water partition coefficient (Wildman–Crippen LogP) is 4.24. The SMILES string of the molecule is O=C(CCSC(=O)N1CCCC2CCCCC21)NCCc1ccccc1. The third kappa shape index (κ3) is 5.50. The summed E-state index contributed by atoms with van der Waals surface area (Å²) in [7, 11) is 0. The molecule has 3 rings (SSSR count). The second kappa shape index (κ2) is 10.0. The van der Waals surface area contributed by atoms with E-state index in [1.807, 2.05) is 18.2 Å². The molecule has 1 N–H and O–H groups in total. The van der Waals surface area contributed by atoms with E-state index in [9.17, 15) is 9.59 Å². The molecule has 1 aliphatic heterocycles. The number of carbonyl (C=O) groups is 2. The quantitative estimate of drug-likeness (QED) is 0.810. The summed E-state index contributed by atoms with van der Waals surface area (Å²) in [6.45, 7) is 1.55. The predicted molar refractivity (Wildman–Crippen MR) is 107 cm³/mol. The molecular formula is C21H30N2O2S. The molecule has 0 aromatic heterocycles. The number of likely N-dealkylation sites (tertiary alicyclic amines) is 1. The van der Waals surface area contributed by atoms with Gasteiger partial charge in [-0.25, -0.2) is 0 Å². The number of rotatable bonds is 6. The van der Waals surface area contributed by atoms with E-state index in [4.69, 9.17) is 0 Å². The van der Waals surface area contributed by atoms with Crippen molar-refractivity contribution in [3.63, 3.8) is 0 Å². The van der Waals surface area contributed by atoms with Crippen molar-refractivity contribution in [2.75, 3.05) is 18.8 Å². The molecule has 5 heteroatoms. The number of nitrogens with one attached hydrogen (secondary N) is 1. The lowest BCUT2D eigenvalue weighted by molar-refractivity contribution is -0.120. The summed E-state index contributed by atoms with van der Waals surface area (Å²) in [6, 6.07) is 10.6. The molecule has 0 radical (unpaired) electrons. The molecular weight excluding hydrogens is 344 g/mol. The summed E-state index contributed by atoms with van der Waals surface area (Å²) in [4.78, 5) is 26.7. The van der Waals surface area contributed by atoms with E-state index in [1.54, 1.807) is 0 Å². The van der Waals surface area contributed by atoms with Crippen molar-refractivity contribution in [3.8, 4) is 0 Å². The number of amides is 2. The van der Waals surface area contributed by atoms with Crippen molar-refractivity contribution < 1.29 is 9.59 Å². The minimum absolute atomic E-state index is 0.0374. The average Bonchev–Trinajstić information content (AvgIpc) is 2.68. The van der Waals surface area contributed by atoms with Crippen molar-refractivity contribution in [1.82, 2.24) is 10.2 Å². The Morgan fingerprint density at radius 3 is 2.69 bits per heavy atom. The van der Waals surface area contributed by atoms with Crippen LogP contribution in [0.15, 0.2) is 30.3 Å². The van der Waals surface area contributed by atoms with Gasteiger partial charge in [0.2, 0.25) is 5.91 Å². The monoisotopic (exact) mass is 374 g/mol. The van der Waals surface area contributed by atoms with Gasteiger partial charge in [-0.15, -0.1) is 0 Å². The van der Waals surface area contributed by atoms with Crippen molar-refractivity contribution >= 4 is 22.9 Å². The number of hydrogen-bond donors (Lipinski definition) is 1. The Morgan fingerprint density at radius 2 is 1.85 bits per heavy atom. The van der Waals surface area contributed by atoms with Crippen LogP contribution in [0.25, 0.3) is 0 Å². The maximum Gasteiger partial charge on any atom is 0.281 e. The summed E-state index contributed by atoms with van der Waals surface area (Å²) in [5.41, 5.74) is 1.23. The van der Waals surface area contributed by atoms with Crippen LogP contribution in [-0.2, 0) is 11.2 Å². The van der Waals surface area contributed by atoms with Crippen LogP contribution in [0.1, 0.15) is 50.5 Å². The maximum atomic E-state index is 12.6. The largest absolute Gasteiger partial charge is 0.356 e. The number of piperidine rings is 1. The Morgan fingerprint density at radius 1 is 1.08 bits per heavy atom. The third-order valence-electron chi connectivity index (χ3n) is 5.61. The molecule has 26 heavy (non-hydrogen) atoms. The highest BCUT2D eigenvalue weighted by Gasteiger charge is 2.35. The van der Waals surface area contributed by atoms with Gasteiger partial charge in [-0.3, -0.25) is 9.59 Å². The van der Waals surface area contributed by atoms with Crippen molar-refractivity contribution in [2.45, 2.75) is 57.4 Å². The minimum atomic E-state index is 0.0374. The van der Waals surface area contributed by atoms with E-state index in [0.717, 1.165) is 25.8 Å². The van der Waals surface area contributed by atoms with Crippen LogP contribution in [0.5, 0.6) is 0 Å². The zero-order valence-corrected chi connectivity index (χ0v) is 16.3. The Labute approximate surface area is 161 Å². The molecule has 1 aliphatic carbocycles. The van der Waals surface area contributed by atoms with E-state index in [0.29, 0.717) is 30.7 Å². The summed E-state index contributed by atoms with van der Waals surface area (Å²) < 4.78 is 0. The Bertz CT molecular complexity index is 591. The fourth-order valence-electron chi connectivity index (χ4n) is 4.24. The van der Waals surface area contributed by atoms with Gasteiger partial charge in [0.25, 0.3) is 5.24 Å². The number of benzene rings is 1. The van der Waals surface area contributed by atoms with Crippen LogP contribution in [0, 0.1) is 5.92 Å². The topological polar surface area (TPSA) is 49.4 Å². The number of nitrogens with zero attached hydrogens (tertiary/aromatic N) is 1. The zero-order valence-electron chi connectivity index (χ0n) is 15.5. The molecule has 1 saturated heterocycles. The summed E-state index contributed by atoms with van der Waals surface area (Å²) in [6.07, 6.45) is 8.68. The van der Waals surface area contributed by atoms with Crippen LogP contribution in [0.4, 0.5) is 4.79 Å². The van der Waals surface area contributed by atoms with Crippen molar-refractivity contribution in [2.24, 2.45) is 5.92 Å². The highest BCUT2D eigenvalue weighted by atomic mass is 32.2. The third-order valence-corrected chi connectivity index (χ3v) is 6.50. The first kappa shape index (κ1) is 19.3. The lowest BCUT2D eigenvalue weighted by atomic mass is 9.78. The van der Waals surface area contributed by atoms with Gasteiger partial charge in [0.1, 0.15) is 0 Å². The molecule has 2 aliphatic rings. The standard InChI is InChI=1S/C21H30N2O2S/c24-20(22-14-12-17-7-2-1-3-8-17)13-16-26-21(25)23-15-6-10-18-9-4-5-11-19(18)23/h1-3,7-8,18-19H,4-6,9-16H2,(H,22,24). The van der Waals surface area contributed by atoms with Gasteiger partial charge in [-0.1, -0.05) is 54.9 Å². The molecule has 2 unspecified atom stereocenters. The van der Waals surface area contributed by atoms with Crippen LogP contribution in [0.3, 0.4) is 0 Å². The van der Waals surface area contributed by atoms with Gasteiger partial charge < -0.3 is 10.2 Å². The lowest BCUT2D eigenvalue weighted by Crippen LogP contribution is -2.48. The molecule has 2 amide bonds. The van der Waals surface area contributed by atoms with Crippen molar-refractivity contribution in [1.29, 1.82) is 0 Å². The Balaban J connectivity index is 1.33. The smallest absolute Gasteiger partial charge is 0.281 e. The van der Waals surface area contributed by atoms with Gasteiger partial charge in [0, 0.05) is 31.3 Å². The summed E-state index contributed by atoms with van der Waals surface area (Å²) >= 11 is 1.32. The first-order valence-electron chi connectivity index (χ1n) is 9.98. The van der Waals surface area contributed by atoms with E-state index >= 15 is 0 Å². The summed E-state index contributed by atoms with van der Waals surface area (Å²) in [5, 5.41) is 3.13. The lowest BCUT2D eigenvalue weighted by Gasteiger charge is -2.43. The minimum Gasteiger partial charge on any atom is -0.356 e. The fraction of sp³-hybridized carbons (Fsp3) is 0.619. The van der Waals surface area contributed by atoms with Crippen molar-refractivity contribution in [3.05, 3.63) is 35.9 Å². The first-order chi connectivity index (χ1) is 12.7. The molecule has 142 valence electrons. The van der Waals surface area contributed by atoms with E-state index in [1.165, 1.54) is 43.0 Å².